The monoisotopic (exact) mass is 263 g/mol. The van der Waals surface area contributed by atoms with Crippen molar-refractivity contribution in [3.8, 4) is 0 Å². The highest BCUT2D eigenvalue weighted by atomic mass is 16.3. The molecule has 0 bridgehead atoms. The molecular weight excluding hydrogens is 238 g/mol. The van der Waals surface area contributed by atoms with Crippen LogP contribution in [0, 0.1) is 5.92 Å². The molecule has 2 aliphatic rings. The van der Waals surface area contributed by atoms with Gasteiger partial charge in [-0.3, -0.25) is 9.58 Å². The first-order chi connectivity index (χ1) is 9.24. The highest BCUT2D eigenvalue weighted by Gasteiger charge is 2.36. The van der Waals surface area contributed by atoms with Crippen LogP contribution < -0.4 is 0 Å². The highest BCUT2D eigenvalue weighted by Crippen LogP contribution is 2.35. The third kappa shape index (κ3) is 2.84. The second-order valence-corrected chi connectivity index (χ2v) is 6.18. The van der Waals surface area contributed by atoms with Gasteiger partial charge in [-0.2, -0.15) is 5.10 Å². The van der Waals surface area contributed by atoms with Crippen molar-refractivity contribution in [2.45, 2.75) is 57.2 Å². The van der Waals surface area contributed by atoms with E-state index in [0.29, 0.717) is 12.0 Å². The zero-order valence-corrected chi connectivity index (χ0v) is 11.8. The van der Waals surface area contributed by atoms with E-state index in [1.165, 1.54) is 32.1 Å². The van der Waals surface area contributed by atoms with Gasteiger partial charge in [-0.15, -0.1) is 0 Å². The standard InChI is InChI=1S/C15H25N3O/c1-17-10-8-12(16-17)11-18-9-4-6-14(18)13-5-2-3-7-15(13)19/h8,10,13-15,19H,2-7,9,11H2,1H3. The van der Waals surface area contributed by atoms with E-state index in [4.69, 9.17) is 0 Å². The minimum atomic E-state index is -0.0805. The Balaban J connectivity index is 1.67. The van der Waals surface area contributed by atoms with Gasteiger partial charge in [0.1, 0.15) is 0 Å². The molecule has 1 aliphatic carbocycles. The molecule has 0 amide bonds. The minimum Gasteiger partial charge on any atom is -0.393 e. The number of likely N-dealkylation sites (tertiary alicyclic amines) is 1. The normalized spacial score (nSPS) is 32.8. The number of aryl methyl sites for hydroxylation is 1. The lowest BCUT2D eigenvalue weighted by Crippen LogP contribution is -2.42. The Kier molecular flexibility index (Phi) is 3.89. The van der Waals surface area contributed by atoms with Crippen molar-refractivity contribution in [1.82, 2.24) is 14.7 Å². The average Bonchev–Trinajstić information content (AvgIpc) is 3.00. The van der Waals surface area contributed by atoms with Gasteiger partial charge < -0.3 is 5.11 Å². The van der Waals surface area contributed by atoms with Crippen LogP contribution in [-0.4, -0.2) is 38.5 Å². The molecule has 1 aromatic heterocycles. The first-order valence-electron chi connectivity index (χ1n) is 7.64. The Morgan fingerprint density at radius 3 is 2.84 bits per heavy atom. The van der Waals surface area contributed by atoms with Gasteiger partial charge in [0.25, 0.3) is 0 Å². The van der Waals surface area contributed by atoms with Crippen molar-refractivity contribution in [1.29, 1.82) is 0 Å². The highest BCUT2D eigenvalue weighted by molar-refractivity contribution is 5.01. The third-order valence-electron chi connectivity index (χ3n) is 4.82. The van der Waals surface area contributed by atoms with Crippen molar-refractivity contribution >= 4 is 0 Å². The molecule has 0 aromatic carbocycles. The summed E-state index contributed by atoms with van der Waals surface area (Å²) < 4.78 is 1.87. The molecule has 0 radical (unpaired) electrons. The van der Waals surface area contributed by atoms with E-state index in [0.717, 1.165) is 25.2 Å². The summed E-state index contributed by atoms with van der Waals surface area (Å²) in [5, 5.41) is 14.8. The Morgan fingerprint density at radius 1 is 1.26 bits per heavy atom. The van der Waals surface area contributed by atoms with Crippen LogP contribution in [0.5, 0.6) is 0 Å². The molecule has 4 heteroatoms. The number of aliphatic hydroxyl groups excluding tert-OH is 1. The lowest BCUT2D eigenvalue weighted by Gasteiger charge is -2.37. The summed E-state index contributed by atoms with van der Waals surface area (Å²) >= 11 is 0. The minimum absolute atomic E-state index is 0.0805. The molecule has 106 valence electrons. The quantitative estimate of drug-likeness (QED) is 0.906. The van der Waals surface area contributed by atoms with Crippen molar-refractivity contribution in [2.75, 3.05) is 6.54 Å². The van der Waals surface area contributed by atoms with Crippen LogP contribution in [0.3, 0.4) is 0 Å². The molecule has 2 fully saturated rings. The second-order valence-electron chi connectivity index (χ2n) is 6.18. The van der Waals surface area contributed by atoms with E-state index in [-0.39, 0.29) is 6.10 Å². The predicted molar refractivity (Wildman–Crippen MR) is 74.6 cm³/mol. The lowest BCUT2D eigenvalue weighted by atomic mass is 9.80. The number of rotatable bonds is 3. The summed E-state index contributed by atoms with van der Waals surface area (Å²) in [6.07, 6.45) is 9.12. The van der Waals surface area contributed by atoms with Crippen LogP contribution in [0.2, 0.25) is 0 Å². The Labute approximate surface area is 115 Å². The molecule has 4 nitrogen and oxygen atoms in total. The van der Waals surface area contributed by atoms with E-state index in [1.807, 2.05) is 17.9 Å². The SMILES string of the molecule is Cn1ccc(CN2CCCC2C2CCCCC2O)n1. The first kappa shape index (κ1) is 13.1. The summed E-state index contributed by atoms with van der Waals surface area (Å²) in [5.74, 6) is 0.486. The van der Waals surface area contributed by atoms with Gasteiger partial charge in [0.15, 0.2) is 0 Å². The number of aromatic nitrogens is 2. The van der Waals surface area contributed by atoms with E-state index in [1.54, 1.807) is 0 Å². The van der Waals surface area contributed by atoms with Crippen molar-refractivity contribution in [3.05, 3.63) is 18.0 Å². The van der Waals surface area contributed by atoms with Gasteiger partial charge in [0.2, 0.25) is 0 Å². The fraction of sp³-hybridized carbons (Fsp3) is 0.800. The number of hydrogen-bond donors (Lipinski definition) is 1. The molecule has 1 N–H and O–H groups in total. The zero-order chi connectivity index (χ0) is 13.2. The summed E-state index contributed by atoms with van der Waals surface area (Å²) in [6.45, 7) is 2.10. The summed E-state index contributed by atoms with van der Waals surface area (Å²) in [7, 11) is 1.97. The molecule has 0 spiro atoms. The van der Waals surface area contributed by atoms with Crippen LogP contribution >= 0.6 is 0 Å². The molecule has 1 saturated heterocycles. The molecule has 1 aliphatic heterocycles. The molecule has 1 aromatic rings. The smallest absolute Gasteiger partial charge is 0.0764 e. The van der Waals surface area contributed by atoms with Gasteiger partial charge in [-0.1, -0.05) is 12.8 Å². The van der Waals surface area contributed by atoms with Crippen LogP contribution in [-0.2, 0) is 13.6 Å². The van der Waals surface area contributed by atoms with E-state index < -0.39 is 0 Å². The van der Waals surface area contributed by atoms with Crippen molar-refractivity contribution < 1.29 is 5.11 Å². The molecule has 3 unspecified atom stereocenters. The summed E-state index contributed by atoms with van der Waals surface area (Å²) in [6, 6.07) is 2.67. The molecule has 3 atom stereocenters. The van der Waals surface area contributed by atoms with Crippen LogP contribution in [0.1, 0.15) is 44.2 Å². The number of aliphatic hydroxyl groups is 1. The maximum Gasteiger partial charge on any atom is 0.0764 e. The summed E-state index contributed by atoms with van der Waals surface area (Å²) in [5.41, 5.74) is 1.15. The largest absolute Gasteiger partial charge is 0.393 e. The number of nitrogens with zero attached hydrogens (tertiary/aromatic N) is 3. The van der Waals surface area contributed by atoms with Gasteiger partial charge in [-0.25, -0.2) is 0 Å². The molecule has 2 heterocycles. The van der Waals surface area contributed by atoms with E-state index in [2.05, 4.69) is 16.1 Å². The summed E-state index contributed by atoms with van der Waals surface area (Å²) in [4.78, 5) is 2.54. The topological polar surface area (TPSA) is 41.3 Å². The van der Waals surface area contributed by atoms with Crippen LogP contribution in [0.4, 0.5) is 0 Å². The first-order valence-corrected chi connectivity index (χ1v) is 7.64. The zero-order valence-electron chi connectivity index (χ0n) is 11.8. The van der Waals surface area contributed by atoms with E-state index >= 15 is 0 Å². The van der Waals surface area contributed by atoms with Crippen molar-refractivity contribution in [3.63, 3.8) is 0 Å². The molecular formula is C15H25N3O. The molecule has 3 rings (SSSR count). The Morgan fingerprint density at radius 2 is 2.11 bits per heavy atom. The Bertz CT molecular complexity index is 417. The Hall–Kier alpha value is -0.870. The van der Waals surface area contributed by atoms with Gasteiger partial charge in [0.05, 0.1) is 11.8 Å². The van der Waals surface area contributed by atoms with Gasteiger partial charge in [0, 0.05) is 31.7 Å². The lowest BCUT2D eigenvalue weighted by molar-refractivity contribution is 0.0198. The second kappa shape index (κ2) is 5.63. The maximum absolute atomic E-state index is 10.3. The number of hydrogen-bond acceptors (Lipinski definition) is 3. The molecule has 19 heavy (non-hydrogen) atoms. The third-order valence-corrected chi connectivity index (χ3v) is 4.82. The van der Waals surface area contributed by atoms with Gasteiger partial charge >= 0.3 is 0 Å². The molecule has 1 saturated carbocycles. The average molecular weight is 263 g/mol. The van der Waals surface area contributed by atoms with Crippen LogP contribution in [0.25, 0.3) is 0 Å². The van der Waals surface area contributed by atoms with E-state index in [9.17, 15) is 5.11 Å². The van der Waals surface area contributed by atoms with Crippen LogP contribution in [0.15, 0.2) is 12.3 Å². The van der Waals surface area contributed by atoms with Crippen molar-refractivity contribution in [2.24, 2.45) is 13.0 Å². The fourth-order valence-corrected chi connectivity index (χ4v) is 3.88. The maximum atomic E-state index is 10.3. The van der Waals surface area contributed by atoms with Gasteiger partial charge in [-0.05, 0) is 38.3 Å². The predicted octanol–water partition coefficient (Wildman–Crippen LogP) is 1.94. The fourth-order valence-electron chi connectivity index (χ4n) is 3.88.